The van der Waals surface area contributed by atoms with E-state index in [0.717, 1.165) is 39.3 Å². The van der Waals surface area contributed by atoms with Crippen molar-refractivity contribution in [1.82, 2.24) is 0 Å². The Morgan fingerprint density at radius 1 is 0.900 bits per heavy atom. The van der Waals surface area contributed by atoms with Crippen LogP contribution in [0, 0.1) is 0 Å². The predicted molar refractivity (Wildman–Crippen MR) is 59.6 cm³/mol. The largest absolute Gasteiger partial charge is 1.00 e. The quantitative estimate of drug-likeness (QED) is 0.538. The standard InChI is InChI=1S/C2H6P7.Li/c1-4-6-3-7-8(4)9(7)5(6)2;/h1-2H3;/q-1;+1. The molecule has 4 unspecified atom stereocenters. The normalized spacial score (nSPS) is 23.8. The van der Waals surface area contributed by atoms with Gasteiger partial charge >= 0.3 is 18.9 Å². The molecule has 0 N–H and O–H groups in total. The summed E-state index contributed by atoms with van der Waals surface area (Å²) in [6, 6.07) is 0. The van der Waals surface area contributed by atoms with Crippen molar-refractivity contribution < 1.29 is 18.9 Å². The van der Waals surface area contributed by atoms with Gasteiger partial charge < -0.3 is 0 Å². The number of aryl methyl sites for hydroxylation is 2. The van der Waals surface area contributed by atoms with Crippen molar-refractivity contribution in [2.24, 2.45) is 13.3 Å². The zero-order chi connectivity index (χ0) is 6.17. The first-order chi connectivity index (χ1) is 4.30. The van der Waals surface area contributed by atoms with Gasteiger partial charge in [-0.3, -0.25) is 0 Å². The molecule has 0 amide bonds. The molecule has 4 aromatic heterocycles. The maximum absolute atomic E-state index is 2.64. The van der Waals surface area contributed by atoms with Crippen molar-refractivity contribution in [2.45, 2.75) is 0 Å². The Bertz CT molecular complexity index is 406. The van der Waals surface area contributed by atoms with Gasteiger partial charge in [-0.25, -0.2) is 0 Å². The summed E-state index contributed by atoms with van der Waals surface area (Å²) in [6.45, 7) is 6.72. The Balaban J connectivity index is 0.000000403. The molecular formula is C2H6LiP7. The molecule has 4 heterocycles. The van der Waals surface area contributed by atoms with Crippen LogP contribution in [-0.2, 0) is 13.3 Å². The summed E-state index contributed by atoms with van der Waals surface area (Å²) in [7, 11) is 2.07. The topological polar surface area (TPSA) is 0 Å². The van der Waals surface area contributed by atoms with Crippen LogP contribution in [0.2, 0.25) is 0 Å². The first-order valence-corrected chi connectivity index (χ1v) is 18.9. The zero-order valence-corrected chi connectivity index (χ0v) is 12.4. The van der Waals surface area contributed by atoms with Crippen LogP contribution in [-0.4, -0.2) is 0 Å². The molecule has 0 spiro atoms. The summed E-state index contributed by atoms with van der Waals surface area (Å²) >= 11 is 0. The molecule has 4 aromatic rings. The van der Waals surface area contributed by atoms with Crippen molar-refractivity contribution in [3.8, 4) is 0 Å². The molecule has 0 aliphatic rings. The summed E-state index contributed by atoms with van der Waals surface area (Å²) in [6.07, 6.45) is 3.27. The molecule has 4 bridgehead atoms. The van der Waals surface area contributed by atoms with E-state index in [2.05, 4.69) is 20.9 Å². The van der Waals surface area contributed by atoms with Crippen LogP contribution >= 0.6 is 46.8 Å². The van der Waals surface area contributed by atoms with Gasteiger partial charge in [0.05, 0.1) is 0 Å². The summed E-state index contributed by atoms with van der Waals surface area (Å²) in [5, 5.41) is 0. The van der Waals surface area contributed by atoms with Gasteiger partial charge in [-0.15, -0.1) is 20.3 Å². The van der Waals surface area contributed by atoms with Crippen LogP contribution in [0.3, 0.4) is 0 Å². The molecule has 4 atom stereocenters. The van der Waals surface area contributed by atoms with Crippen LogP contribution < -0.4 is 18.9 Å². The molecule has 4 rings (SSSR count). The average molecular weight is 254 g/mol. The molecular weight excluding hydrogens is 248 g/mol. The third-order valence-corrected chi connectivity index (χ3v) is 89.8. The first kappa shape index (κ1) is 9.26. The summed E-state index contributed by atoms with van der Waals surface area (Å²) in [5.74, 6) is 0. The second-order valence-corrected chi connectivity index (χ2v) is 43.4. The van der Waals surface area contributed by atoms with E-state index < -0.39 is 0 Å². The fourth-order valence-corrected chi connectivity index (χ4v) is 185. The minimum atomic E-state index is 0. The Morgan fingerprint density at radius 2 is 1.40 bits per heavy atom. The van der Waals surface area contributed by atoms with Crippen LogP contribution in [0.5, 0.6) is 0 Å². The number of hydrogen-bond donors (Lipinski definition) is 0. The van der Waals surface area contributed by atoms with Gasteiger partial charge in [-0.2, -0.15) is 26.5 Å². The Morgan fingerprint density at radius 3 is 1.50 bits per heavy atom. The van der Waals surface area contributed by atoms with E-state index in [1.807, 2.05) is 0 Å². The van der Waals surface area contributed by atoms with Crippen molar-refractivity contribution in [2.75, 3.05) is 0 Å². The van der Waals surface area contributed by atoms with Gasteiger partial charge in [-0.05, 0) is 0 Å². The predicted octanol–water partition coefficient (Wildman–Crippen LogP) is 3.48. The average Bonchev–Trinajstić information content (AvgIpc) is 2.18. The molecule has 10 heavy (non-hydrogen) atoms. The van der Waals surface area contributed by atoms with E-state index in [1.165, 1.54) is 0 Å². The molecule has 0 fully saturated rings. The minimum absolute atomic E-state index is 0. The fourth-order valence-electron chi connectivity index (χ4n) is 1.16. The second-order valence-electron chi connectivity index (χ2n) is 2.14. The molecule has 50 valence electrons. The zero-order valence-electron chi connectivity index (χ0n) is 6.13. The van der Waals surface area contributed by atoms with Gasteiger partial charge in [0.25, 0.3) is 0 Å². The Kier molecular flexibility index (Phi) is 2.63. The van der Waals surface area contributed by atoms with E-state index in [4.69, 9.17) is 0 Å². The van der Waals surface area contributed by atoms with E-state index in [9.17, 15) is 0 Å². The molecule has 0 aliphatic carbocycles. The first-order valence-electron chi connectivity index (χ1n) is 2.69. The van der Waals surface area contributed by atoms with Crippen molar-refractivity contribution in [1.29, 1.82) is 0 Å². The Hall–Kier alpha value is 2.70. The maximum atomic E-state index is 2.64. The smallest absolute Gasteiger partial charge is 0.171 e. The van der Waals surface area contributed by atoms with Gasteiger partial charge in [-0.1, -0.05) is 13.3 Å². The second kappa shape index (κ2) is 2.84. The van der Waals surface area contributed by atoms with Gasteiger partial charge in [0.1, 0.15) is 0 Å². The molecule has 8 heteroatoms. The number of rotatable bonds is 0. The van der Waals surface area contributed by atoms with E-state index in [-0.39, 0.29) is 18.9 Å². The Labute approximate surface area is 78.7 Å². The maximum Gasteiger partial charge on any atom is 1.00 e. The van der Waals surface area contributed by atoms with Crippen LogP contribution in [0.1, 0.15) is 0 Å². The minimum Gasteiger partial charge on any atom is -0.171 e. The molecule has 0 saturated heterocycles. The van der Waals surface area contributed by atoms with E-state index in [1.54, 1.807) is 0 Å². The van der Waals surface area contributed by atoms with Gasteiger partial charge in [0.15, 0.2) is 0 Å². The van der Waals surface area contributed by atoms with E-state index >= 15 is 0 Å². The SMILES string of the molecule is Cp1p2[p-]p3p1p3p2C.[Li+]. The summed E-state index contributed by atoms with van der Waals surface area (Å²) < 4.78 is 0. The summed E-state index contributed by atoms with van der Waals surface area (Å²) in [5.41, 5.74) is 0. The number of hydrogen-bond acceptors (Lipinski definition) is 0. The van der Waals surface area contributed by atoms with Crippen LogP contribution in [0.25, 0.3) is 0 Å². The molecule has 0 radical (unpaired) electrons. The molecule has 0 aromatic carbocycles. The van der Waals surface area contributed by atoms with Crippen LogP contribution in [0.15, 0.2) is 0 Å². The molecule has 0 nitrogen and oxygen atoms in total. The van der Waals surface area contributed by atoms with Crippen LogP contribution in [0.4, 0.5) is 0 Å². The van der Waals surface area contributed by atoms with Crippen molar-refractivity contribution in [3.05, 3.63) is 0 Å². The van der Waals surface area contributed by atoms with Gasteiger partial charge in [0.2, 0.25) is 0 Å². The third kappa shape index (κ3) is 0.941. The molecule has 0 aliphatic heterocycles. The monoisotopic (exact) mass is 254 g/mol. The van der Waals surface area contributed by atoms with Crippen molar-refractivity contribution in [3.63, 3.8) is 0 Å². The van der Waals surface area contributed by atoms with Gasteiger partial charge in [0, 0.05) is 0 Å². The summed E-state index contributed by atoms with van der Waals surface area (Å²) in [4.78, 5) is 0. The third-order valence-electron chi connectivity index (χ3n) is 1.64. The molecule has 0 saturated carbocycles. The van der Waals surface area contributed by atoms with E-state index in [0.29, 0.717) is 0 Å². The van der Waals surface area contributed by atoms with Crippen molar-refractivity contribution >= 4 is 46.8 Å². The fraction of sp³-hybridized carbons (Fsp3) is 1.00.